The van der Waals surface area contributed by atoms with E-state index in [9.17, 15) is 0 Å². The highest BCUT2D eigenvalue weighted by Crippen LogP contribution is 2.22. The average molecular weight is 238 g/mol. The minimum absolute atomic E-state index is 0.652. The normalized spacial score (nSPS) is 11.5. The topological polar surface area (TPSA) is 25.2 Å². The Morgan fingerprint density at radius 3 is 2.88 bits per heavy atom. The van der Waals surface area contributed by atoms with Gasteiger partial charge < -0.3 is 9.73 Å². The Morgan fingerprint density at radius 1 is 1.31 bits per heavy atom. The largest absolute Gasteiger partial charge is 0.460 e. The number of benzene rings is 1. The van der Waals surface area contributed by atoms with Gasteiger partial charge in [-0.3, -0.25) is 0 Å². The van der Waals surface area contributed by atoms with Crippen LogP contribution < -0.4 is 5.32 Å². The molecule has 1 aromatic carbocycles. The molecule has 1 aromatic heterocycles. The van der Waals surface area contributed by atoms with Gasteiger partial charge in [0.25, 0.3) is 0 Å². The molecule has 0 fully saturated rings. The second kappa shape index (κ2) is 4.89. The van der Waals surface area contributed by atoms with Crippen LogP contribution in [0.5, 0.6) is 0 Å². The molecular weight excluding hydrogens is 222 g/mol. The summed E-state index contributed by atoms with van der Waals surface area (Å²) in [6.45, 7) is 6.14. The molecule has 0 amide bonds. The fourth-order valence-electron chi connectivity index (χ4n) is 1.64. The second-order valence-electron chi connectivity index (χ2n) is 4.42. The smallest absolute Gasteiger partial charge is 0.134 e. The lowest BCUT2D eigenvalue weighted by molar-refractivity contribution is 0.485. The van der Waals surface area contributed by atoms with E-state index < -0.39 is 0 Å². The van der Waals surface area contributed by atoms with Crippen LogP contribution in [0.3, 0.4) is 0 Å². The van der Waals surface area contributed by atoms with Crippen LogP contribution in [0.1, 0.15) is 19.6 Å². The molecule has 0 aliphatic carbocycles. The summed E-state index contributed by atoms with van der Waals surface area (Å²) in [5.41, 5.74) is 0.894. The van der Waals surface area contributed by atoms with Gasteiger partial charge in [-0.05, 0) is 36.7 Å². The summed E-state index contributed by atoms with van der Waals surface area (Å²) in [5.74, 6) is 1.61. The van der Waals surface area contributed by atoms with E-state index in [0.29, 0.717) is 5.92 Å². The predicted molar refractivity (Wildman–Crippen MR) is 67.8 cm³/mol. The number of halogens is 1. The van der Waals surface area contributed by atoms with E-state index in [-0.39, 0.29) is 0 Å². The molecule has 2 nitrogen and oxygen atoms in total. The van der Waals surface area contributed by atoms with Gasteiger partial charge in [-0.1, -0.05) is 25.4 Å². The Hall–Kier alpha value is -0.990. The molecule has 1 heterocycles. The monoisotopic (exact) mass is 237 g/mol. The predicted octanol–water partition coefficient (Wildman–Crippen LogP) is 3.83. The van der Waals surface area contributed by atoms with Gasteiger partial charge in [-0.2, -0.15) is 0 Å². The van der Waals surface area contributed by atoms with E-state index in [1.165, 1.54) is 0 Å². The SMILES string of the molecule is CC(C)CNCc1cc2cc(Cl)ccc2o1. The third kappa shape index (κ3) is 2.77. The van der Waals surface area contributed by atoms with Crippen molar-refractivity contribution in [2.75, 3.05) is 6.54 Å². The Morgan fingerprint density at radius 2 is 2.12 bits per heavy atom. The van der Waals surface area contributed by atoms with Crippen molar-refractivity contribution in [2.24, 2.45) is 5.92 Å². The van der Waals surface area contributed by atoms with Gasteiger partial charge in [0.1, 0.15) is 11.3 Å². The third-order valence-electron chi connectivity index (χ3n) is 2.38. The minimum Gasteiger partial charge on any atom is -0.460 e. The zero-order chi connectivity index (χ0) is 11.5. The maximum absolute atomic E-state index is 5.92. The first-order valence-electron chi connectivity index (χ1n) is 5.54. The molecule has 1 N–H and O–H groups in total. The molecular formula is C13H16ClNO. The van der Waals surface area contributed by atoms with Crippen LogP contribution in [0.15, 0.2) is 28.7 Å². The fraction of sp³-hybridized carbons (Fsp3) is 0.385. The highest BCUT2D eigenvalue weighted by Gasteiger charge is 2.04. The van der Waals surface area contributed by atoms with Gasteiger partial charge in [0.2, 0.25) is 0 Å². The Bertz CT molecular complexity index is 476. The first-order valence-corrected chi connectivity index (χ1v) is 5.91. The van der Waals surface area contributed by atoms with Crippen molar-refractivity contribution in [1.29, 1.82) is 0 Å². The fourth-order valence-corrected chi connectivity index (χ4v) is 1.82. The molecule has 0 unspecified atom stereocenters. The third-order valence-corrected chi connectivity index (χ3v) is 2.62. The molecule has 2 rings (SSSR count). The first kappa shape index (κ1) is 11.5. The van der Waals surface area contributed by atoms with Crippen LogP contribution in [-0.2, 0) is 6.54 Å². The molecule has 0 aliphatic rings. The van der Waals surface area contributed by atoms with Crippen molar-refractivity contribution in [3.05, 3.63) is 35.0 Å². The van der Waals surface area contributed by atoms with Gasteiger partial charge in [0, 0.05) is 10.4 Å². The van der Waals surface area contributed by atoms with Gasteiger partial charge in [0.15, 0.2) is 0 Å². The Labute approximate surface area is 101 Å². The molecule has 0 saturated carbocycles. The zero-order valence-electron chi connectivity index (χ0n) is 9.59. The standard InChI is InChI=1S/C13H16ClNO/c1-9(2)7-15-8-12-6-10-5-11(14)3-4-13(10)16-12/h3-6,9,15H,7-8H2,1-2H3. The van der Waals surface area contributed by atoms with Gasteiger partial charge in [-0.15, -0.1) is 0 Å². The van der Waals surface area contributed by atoms with E-state index in [1.807, 2.05) is 24.3 Å². The molecule has 16 heavy (non-hydrogen) atoms. The van der Waals surface area contributed by atoms with Crippen LogP contribution in [0, 0.1) is 5.92 Å². The van der Waals surface area contributed by atoms with Gasteiger partial charge in [-0.25, -0.2) is 0 Å². The van der Waals surface area contributed by atoms with Gasteiger partial charge >= 0.3 is 0 Å². The Kier molecular flexibility index (Phi) is 3.52. The molecule has 0 spiro atoms. The maximum Gasteiger partial charge on any atom is 0.134 e. The molecule has 0 aliphatic heterocycles. The lowest BCUT2D eigenvalue weighted by atomic mass is 10.2. The van der Waals surface area contributed by atoms with Crippen LogP contribution >= 0.6 is 11.6 Å². The summed E-state index contributed by atoms with van der Waals surface area (Å²) in [5, 5.41) is 5.16. The number of fused-ring (bicyclic) bond motifs is 1. The first-order chi connectivity index (χ1) is 7.65. The molecule has 0 atom stereocenters. The summed E-state index contributed by atoms with van der Waals surface area (Å²) in [4.78, 5) is 0. The highest BCUT2D eigenvalue weighted by atomic mass is 35.5. The summed E-state index contributed by atoms with van der Waals surface area (Å²) in [7, 11) is 0. The molecule has 0 bridgehead atoms. The lowest BCUT2D eigenvalue weighted by Gasteiger charge is -2.04. The van der Waals surface area contributed by atoms with Crippen molar-refractivity contribution in [1.82, 2.24) is 5.32 Å². The number of hydrogen-bond donors (Lipinski definition) is 1. The number of rotatable bonds is 4. The summed E-state index contributed by atoms with van der Waals surface area (Å²) >= 11 is 5.92. The van der Waals surface area contributed by atoms with E-state index in [1.54, 1.807) is 0 Å². The minimum atomic E-state index is 0.652. The van der Waals surface area contributed by atoms with E-state index >= 15 is 0 Å². The number of nitrogens with one attached hydrogen (secondary N) is 1. The van der Waals surface area contributed by atoms with Crippen molar-refractivity contribution < 1.29 is 4.42 Å². The highest BCUT2D eigenvalue weighted by molar-refractivity contribution is 6.31. The molecule has 2 aromatic rings. The van der Waals surface area contributed by atoms with E-state index in [4.69, 9.17) is 16.0 Å². The second-order valence-corrected chi connectivity index (χ2v) is 4.86. The van der Waals surface area contributed by atoms with Gasteiger partial charge in [0.05, 0.1) is 6.54 Å². The van der Waals surface area contributed by atoms with Crippen LogP contribution in [-0.4, -0.2) is 6.54 Å². The maximum atomic E-state index is 5.92. The number of hydrogen-bond acceptors (Lipinski definition) is 2. The zero-order valence-corrected chi connectivity index (χ0v) is 10.3. The molecule has 0 saturated heterocycles. The molecule has 3 heteroatoms. The lowest BCUT2D eigenvalue weighted by Crippen LogP contribution is -2.18. The van der Waals surface area contributed by atoms with Crippen molar-refractivity contribution in [2.45, 2.75) is 20.4 Å². The Balaban J connectivity index is 2.08. The van der Waals surface area contributed by atoms with Crippen molar-refractivity contribution >= 4 is 22.6 Å². The van der Waals surface area contributed by atoms with Crippen molar-refractivity contribution in [3.63, 3.8) is 0 Å². The van der Waals surface area contributed by atoms with Crippen LogP contribution in [0.25, 0.3) is 11.0 Å². The summed E-state index contributed by atoms with van der Waals surface area (Å²) in [6, 6.07) is 7.71. The van der Waals surface area contributed by atoms with Crippen LogP contribution in [0.4, 0.5) is 0 Å². The average Bonchev–Trinajstić information content (AvgIpc) is 2.58. The van der Waals surface area contributed by atoms with E-state index in [2.05, 4.69) is 19.2 Å². The summed E-state index contributed by atoms with van der Waals surface area (Å²) < 4.78 is 5.68. The number of furan rings is 1. The summed E-state index contributed by atoms with van der Waals surface area (Å²) in [6.07, 6.45) is 0. The molecule has 0 radical (unpaired) electrons. The van der Waals surface area contributed by atoms with E-state index in [0.717, 1.165) is 34.8 Å². The quantitative estimate of drug-likeness (QED) is 0.874. The van der Waals surface area contributed by atoms with Crippen LogP contribution in [0.2, 0.25) is 5.02 Å². The van der Waals surface area contributed by atoms with Crippen molar-refractivity contribution in [3.8, 4) is 0 Å². The molecule has 86 valence electrons.